The molecule has 6 nitrogen and oxygen atoms in total. The molecule has 2 aromatic rings. The Bertz CT molecular complexity index is 1120. The summed E-state index contributed by atoms with van der Waals surface area (Å²) in [4.78, 5) is 28.5. The van der Waals surface area contributed by atoms with Gasteiger partial charge in [-0.3, -0.25) is 4.79 Å². The summed E-state index contributed by atoms with van der Waals surface area (Å²) in [6, 6.07) is 12.7. The number of amides is 2. The second kappa shape index (κ2) is 18.5. The van der Waals surface area contributed by atoms with Crippen LogP contribution in [0, 0.1) is 0 Å². The van der Waals surface area contributed by atoms with E-state index in [1.165, 1.54) is 81.6 Å². The number of thioether (sulfide) groups is 1. The fourth-order valence-corrected chi connectivity index (χ4v) is 5.72. The topological polar surface area (TPSA) is 70.7 Å². The molecule has 0 aliphatic carbocycles. The number of benzene rings is 2. The van der Waals surface area contributed by atoms with E-state index >= 15 is 0 Å². The van der Waals surface area contributed by atoms with Crippen LogP contribution in [-0.2, 0) is 6.54 Å². The van der Waals surface area contributed by atoms with Crippen molar-refractivity contribution in [1.82, 2.24) is 4.90 Å². The van der Waals surface area contributed by atoms with Crippen LogP contribution in [0.5, 0.6) is 5.75 Å². The van der Waals surface area contributed by atoms with Crippen LogP contribution >= 0.6 is 11.8 Å². The molecule has 0 bridgehead atoms. The van der Waals surface area contributed by atoms with Gasteiger partial charge in [0.05, 0.1) is 18.0 Å². The largest absolute Gasteiger partial charge is 0.493 e. The van der Waals surface area contributed by atoms with Crippen LogP contribution in [0.2, 0.25) is 0 Å². The predicted octanol–water partition coefficient (Wildman–Crippen LogP) is 9.98. The number of urea groups is 1. The third kappa shape index (κ3) is 12.6. The van der Waals surface area contributed by atoms with Gasteiger partial charge in [0.1, 0.15) is 5.75 Å². The van der Waals surface area contributed by atoms with E-state index in [0.717, 1.165) is 25.3 Å². The van der Waals surface area contributed by atoms with Crippen LogP contribution in [0.15, 0.2) is 53.6 Å². The Hall–Kier alpha value is -2.93. The van der Waals surface area contributed by atoms with Crippen molar-refractivity contribution in [2.45, 2.75) is 104 Å². The molecule has 1 heterocycles. The number of rotatable bonds is 19. The van der Waals surface area contributed by atoms with Gasteiger partial charge in [0, 0.05) is 24.1 Å². The van der Waals surface area contributed by atoms with Gasteiger partial charge >= 0.3 is 6.03 Å². The van der Waals surface area contributed by atoms with Crippen molar-refractivity contribution in [1.29, 1.82) is 0 Å². The number of carbonyl (C=O) groups excluding carboxylic acids is 2. The maximum Gasteiger partial charge on any atom is 0.323 e. The monoisotopic (exact) mass is 579 g/mol. The summed E-state index contributed by atoms with van der Waals surface area (Å²) in [5.74, 6) is 1.46. The normalized spacial score (nSPS) is 12.8. The van der Waals surface area contributed by atoms with Crippen molar-refractivity contribution in [2.75, 3.05) is 23.1 Å². The smallest absolute Gasteiger partial charge is 0.323 e. The first-order valence-electron chi connectivity index (χ1n) is 15.4. The Morgan fingerprint density at radius 2 is 1.41 bits per heavy atom. The number of unbranched alkanes of at least 4 members (excludes halogenated alkanes) is 11. The number of allylic oxidation sites excluding steroid dienone is 1. The second-order valence-electron chi connectivity index (χ2n) is 11.0. The van der Waals surface area contributed by atoms with Crippen molar-refractivity contribution in [3.05, 3.63) is 64.7 Å². The first kappa shape index (κ1) is 32.6. The van der Waals surface area contributed by atoms with E-state index in [1.807, 2.05) is 36.0 Å². The fraction of sp³-hybridized carbons (Fsp3) is 0.529. The molecule has 7 heteroatoms. The number of hydrogen-bond donors (Lipinski definition) is 2. The van der Waals surface area contributed by atoms with Crippen molar-refractivity contribution in [3.63, 3.8) is 0 Å². The lowest BCUT2D eigenvalue weighted by molar-refractivity contribution is 0.101. The third-order valence-corrected chi connectivity index (χ3v) is 8.31. The lowest BCUT2D eigenvalue weighted by atomic mass is 10.1. The molecule has 224 valence electrons. The summed E-state index contributed by atoms with van der Waals surface area (Å²) >= 11 is 1.84. The number of carbonyl (C=O) groups is 2. The van der Waals surface area contributed by atoms with Crippen LogP contribution < -0.4 is 15.4 Å². The van der Waals surface area contributed by atoms with E-state index in [0.29, 0.717) is 29.3 Å². The fourth-order valence-electron chi connectivity index (χ4n) is 4.96. The van der Waals surface area contributed by atoms with Crippen LogP contribution in [-0.4, -0.2) is 29.2 Å². The van der Waals surface area contributed by atoms with Gasteiger partial charge in [-0.15, -0.1) is 11.8 Å². The van der Waals surface area contributed by atoms with Gasteiger partial charge in [0.15, 0.2) is 5.78 Å². The van der Waals surface area contributed by atoms with E-state index in [2.05, 4.69) is 35.6 Å². The number of nitrogens with one attached hydrogen (secondary N) is 2. The highest BCUT2D eigenvalue weighted by molar-refractivity contribution is 8.03. The summed E-state index contributed by atoms with van der Waals surface area (Å²) in [5.41, 5.74) is 2.93. The number of ether oxygens (including phenoxy) is 1. The van der Waals surface area contributed by atoms with E-state index in [-0.39, 0.29) is 11.8 Å². The SMILES string of the molecule is CCCCCCCCCCCCCCOc1ccc(NC(=O)Nc2ccc(CN3C=C(C)SC3)cc2)cc1C(C)=O. The van der Waals surface area contributed by atoms with E-state index in [9.17, 15) is 9.59 Å². The zero-order valence-electron chi connectivity index (χ0n) is 25.3. The lowest BCUT2D eigenvalue weighted by Crippen LogP contribution is -2.19. The summed E-state index contributed by atoms with van der Waals surface area (Å²) in [7, 11) is 0. The highest BCUT2D eigenvalue weighted by Gasteiger charge is 2.13. The molecule has 3 rings (SSSR count). The Morgan fingerprint density at radius 1 is 0.829 bits per heavy atom. The molecule has 0 aromatic heterocycles. The first-order valence-corrected chi connectivity index (χ1v) is 16.4. The van der Waals surface area contributed by atoms with Gasteiger partial charge in [0.25, 0.3) is 0 Å². The van der Waals surface area contributed by atoms with Crippen molar-refractivity contribution < 1.29 is 14.3 Å². The van der Waals surface area contributed by atoms with Crippen molar-refractivity contribution in [3.8, 4) is 5.75 Å². The van der Waals surface area contributed by atoms with Crippen LogP contribution in [0.1, 0.15) is 114 Å². The molecule has 0 unspecified atom stereocenters. The van der Waals surface area contributed by atoms with Crippen molar-refractivity contribution >= 4 is 35.0 Å². The molecular formula is C34H49N3O3S. The molecule has 41 heavy (non-hydrogen) atoms. The van der Waals surface area contributed by atoms with E-state index in [4.69, 9.17) is 4.74 Å². The Kier molecular flexibility index (Phi) is 14.7. The number of Topliss-reactive ketones (excluding diaryl/α,β-unsaturated/α-hetero) is 1. The van der Waals surface area contributed by atoms with Crippen molar-refractivity contribution in [2.24, 2.45) is 0 Å². The molecule has 2 N–H and O–H groups in total. The van der Waals surface area contributed by atoms with Gasteiger partial charge < -0.3 is 20.3 Å². The Labute approximate surface area is 251 Å². The van der Waals surface area contributed by atoms with Gasteiger partial charge in [-0.1, -0.05) is 89.7 Å². The zero-order chi connectivity index (χ0) is 29.3. The minimum absolute atomic E-state index is 0.0872. The molecule has 2 aromatic carbocycles. The Morgan fingerprint density at radius 3 is 2.00 bits per heavy atom. The highest BCUT2D eigenvalue weighted by Crippen LogP contribution is 2.27. The minimum Gasteiger partial charge on any atom is -0.493 e. The summed E-state index contributed by atoms with van der Waals surface area (Å²) in [6.45, 7) is 7.34. The van der Waals surface area contributed by atoms with Crippen LogP contribution in [0.4, 0.5) is 16.2 Å². The second-order valence-corrected chi connectivity index (χ2v) is 12.2. The molecule has 0 atom stereocenters. The summed E-state index contributed by atoms with van der Waals surface area (Å²) < 4.78 is 5.95. The van der Waals surface area contributed by atoms with E-state index < -0.39 is 0 Å². The minimum atomic E-state index is -0.355. The van der Waals surface area contributed by atoms with E-state index in [1.54, 1.807) is 18.2 Å². The third-order valence-electron chi connectivity index (χ3n) is 7.29. The molecule has 0 saturated heterocycles. The average molecular weight is 580 g/mol. The van der Waals surface area contributed by atoms with Gasteiger partial charge in [-0.05, 0) is 61.1 Å². The average Bonchev–Trinajstić information content (AvgIpc) is 3.37. The number of ketones is 1. The molecule has 0 radical (unpaired) electrons. The molecule has 1 aliphatic heterocycles. The van der Waals surface area contributed by atoms with Crippen LogP contribution in [0.25, 0.3) is 0 Å². The molecule has 0 saturated carbocycles. The lowest BCUT2D eigenvalue weighted by Gasteiger charge is -2.15. The molecule has 2 amide bonds. The summed E-state index contributed by atoms with van der Waals surface area (Å²) in [5, 5.41) is 5.70. The van der Waals surface area contributed by atoms with Gasteiger partial charge in [-0.25, -0.2) is 4.79 Å². The Balaban J connectivity index is 1.34. The first-order chi connectivity index (χ1) is 19.9. The highest BCUT2D eigenvalue weighted by atomic mass is 32.2. The molecule has 0 fully saturated rings. The molecule has 0 spiro atoms. The standard InChI is InChI=1S/C34H49N3O3S/c1-4-5-6-7-8-9-10-11-12-13-14-15-22-40-33-21-20-31(23-32(33)28(3)38)36-34(39)35-30-18-16-29(17-19-30)25-37-24-27(2)41-26-37/h16-21,23-24H,4-15,22,25-26H2,1-3H3,(H2,35,36,39). The number of nitrogens with zero attached hydrogens (tertiary/aromatic N) is 1. The van der Waals surface area contributed by atoms with Gasteiger partial charge in [-0.2, -0.15) is 0 Å². The maximum atomic E-state index is 12.6. The predicted molar refractivity (Wildman–Crippen MR) is 174 cm³/mol. The zero-order valence-corrected chi connectivity index (χ0v) is 26.1. The molecular weight excluding hydrogens is 530 g/mol. The number of anilines is 2. The van der Waals surface area contributed by atoms with Crippen LogP contribution in [0.3, 0.4) is 0 Å². The summed E-state index contributed by atoms with van der Waals surface area (Å²) in [6.07, 6.45) is 17.7. The molecule has 1 aliphatic rings. The maximum absolute atomic E-state index is 12.6. The number of hydrogen-bond acceptors (Lipinski definition) is 5. The van der Waals surface area contributed by atoms with Gasteiger partial charge in [0.2, 0.25) is 0 Å². The quantitative estimate of drug-likeness (QED) is 0.128.